The SMILES string of the molecule is COc1ccc(C=NN(C)[PH](=S)Oc2ccc(CCNC(=O)CN(C[PH](O)(O)O)C[PH](O)(O)O)cc2)cc1. The van der Waals surface area contributed by atoms with Gasteiger partial charge in [0.25, 0.3) is 0 Å². The summed E-state index contributed by atoms with van der Waals surface area (Å²) in [4.78, 5) is 68.5. The van der Waals surface area contributed by atoms with E-state index in [9.17, 15) is 34.2 Å². The molecule has 2 aromatic rings. The maximum absolute atomic E-state index is 12.2. The van der Waals surface area contributed by atoms with E-state index in [-0.39, 0.29) is 6.54 Å². The minimum atomic E-state index is -4.62. The first-order valence-electron chi connectivity index (χ1n) is 11.3. The Kier molecular flexibility index (Phi) is 12.9. The van der Waals surface area contributed by atoms with Crippen LogP contribution in [0.5, 0.6) is 11.5 Å². The molecule has 0 spiro atoms. The molecular formula is C21H35N4O9P3S. The average Bonchev–Trinajstić information content (AvgIpc) is 2.81. The molecule has 2 rings (SSSR count). The van der Waals surface area contributed by atoms with Gasteiger partial charge in [0.05, 0.1) is 13.3 Å². The maximum Gasteiger partial charge on any atom is -0.0193 e. The first kappa shape index (κ1) is 32.4. The number of hydrazone groups is 1. The van der Waals surface area contributed by atoms with Crippen molar-refractivity contribution in [2.24, 2.45) is 5.10 Å². The molecule has 0 aliphatic heterocycles. The van der Waals surface area contributed by atoms with E-state index < -0.39 is 48.0 Å². The summed E-state index contributed by atoms with van der Waals surface area (Å²) in [6.45, 7) is -0.233. The standard InChI is InChI=1S/C21H35N4O9P3S/c1-24(23-13-18-5-7-19(33-2)8-6-18)35(38)34-20-9-3-17(4-10-20)11-12-22-21(26)14-25(15-36(27,28)29)16-37(30,31)32/h3-10,13,27-32,35-37H,11-12,14-16H2,1-2H3,(H,22,26). The topological polar surface area (TPSA) is 188 Å². The third-order valence-corrected chi connectivity index (χ3v) is 8.70. The van der Waals surface area contributed by atoms with Gasteiger partial charge in [-0.3, -0.25) is 0 Å². The molecule has 2 aromatic carbocycles. The van der Waals surface area contributed by atoms with E-state index in [1.54, 1.807) is 37.3 Å². The number of amides is 1. The largest absolute Gasteiger partial charge is 0.0497 e. The molecule has 0 saturated carbocycles. The van der Waals surface area contributed by atoms with Crippen molar-refractivity contribution in [3.8, 4) is 11.5 Å². The number of benzene rings is 2. The summed E-state index contributed by atoms with van der Waals surface area (Å²) in [6.07, 6.45) is 0.641. The second-order valence-electron chi connectivity index (χ2n) is 8.35. The number of ether oxygens (including phenoxy) is 1. The zero-order valence-electron chi connectivity index (χ0n) is 20.9. The van der Waals surface area contributed by atoms with Crippen LogP contribution in [-0.2, 0) is 23.0 Å². The molecule has 17 heteroatoms. The van der Waals surface area contributed by atoms with Gasteiger partial charge in [0.15, 0.2) is 0 Å². The van der Waals surface area contributed by atoms with E-state index in [4.69, 9.17) is 21.1 Å². The fourth-order valence-electron chi connectivity index (χ4n) is 3.15. The van der Waals surface area contributed by atoms with Gasteiger partial charge in [-0.1, -0.05) is 0 Å². The van der Waals surface area contributed by atoms with Crippen molar-refractivity contribution < 1.29 is 43.4 Å². The van der Waals surface area contributed by atoms with E-state index in [0.29, 0.717) is 12.2 Å². The molecule has 13 nitrogen and oxygen atoms in total. The fourth-order valence-corrected chi connectivity index (χ4v) is 6.08. The molecule has 0 aliphatic carbocycles. The van der Waals surface area contributed by atoms with Crippen LogP contribution in [0.2, 0.25) is 0 Å². The number of rotatable bonds is 15. The Morgan fingerprint density at radius 1 is 1.00 bits per heavy atom. The molecule has 0 heterocycles. The number of carbonyl (C=O) groups excluding carboxylic acids is 1. The maximum atomic E-state index is 12.2. The molecule has 0 aromatic heterocycles. The zero-order chi connectivity index (χ0) is 28.3. The molecule has 0 fully saturated rings. The molecule has 0 saturated heterocycles. The number of nitrogens with zero attached hydrogens (tertiary/aromatic N) is 3. The number of carbonyl (C=O) groups is 1. The van der Waals surface area contributed by atoms with Gasteiger partial charge in [0, 0.05) is 7.05 Å². The van der Waals surface area contributed by atoms with E-state index in [1.807, 2.05) is 36.4 Å². The second-order valence-corrected chi connectivity index (χ2v) is 14.5. The normalized spacial score (nSPS) is 13.8. The Hall–Kier alpha value is -1.79. The predicted molar refractivity (Wildman–Crippen MR) is 154 cm³/mol. The van der Waals surface area contributed by atoms with Gasteiger partial charge in [-0.15, -0.1) is 0 Å². The molecule has 1 atom stereocenters. The summed E-state index contributed by atoms with van der Waals surface area (Å²) in [5.41, 5.74) is 1.79. The average molecular weight is 613 g/mol. The predicted octanol–water partition coefficient (Wildman–Crippen LogP) is 0.365. The molecule has 1 amide bonds. The van der Waals surface area contributed by atoms with Gasteiger partial charge in [0.2, 0.25) is 7.07 Å². The summed E-state index contributed by atoms with van der Waals surface area (Å²) in [5, 5.41) is 6.96. The smallest absolute Gasteiger partial charge is 0.0193 e. The van der Waals surface area contributed by atoms with Crippen molar-refractivity contribution in [3.05, 3.63) is 59.7 Å². The van der Waals surface area contributed by atoms with Crippen LogP contribution in [0, 0.1) is 0 Å². The number of nitrogens with one attached hydrogen (secondary N) is 1. The van der Waals surface area contributed by atoms with Crippen molar-refractivity contribution in [1.29, 1.82) is 0 Å². The minimum Gasteiger partial charge on any atom is -0.0497 e. The van der Waals surface area contributed by atoms with E-state index in [1.165, 1.54) is 0 Å². The molecule has 1 unspecified atom stereocenters. The summed E-state index contributed by atoms with van der Waals surface area (Å²) >= 11 is 5.46. The van der Waals surface area contributed by atoms with Crippen LogP contribution in [0.25, 0.3) is 0 Å². The van der Waals surface area contributed by atoms with Gasteiger partial charge >= 0.3 is 138 Å². The van der Waals surface area contributed by atoms with Crippen molar-refractivity contribution in [3.63, 3.8) is 0 Å². The Labute approximate surface area is 227 Å². The van der Waals surface area contributed by atoms with Gasteiger partial charge in [0.1, 0.15) is 5.75 Å². The molecule has 0 radical (unpaired) electrons. The summed E-state index contributed by atoms with van der Waals surface area (Å²) in [6, 6.07) is 14.6. The Morgan fingerprint density at radius 3 is 2.08 bits per heavy atom. The van der Waals surface area contributed by atoms with Crippen molar-refractivity contribution in [2.45, 2.75) is 6.42 Å². The Balaban J connectivity index is 1.80. The summed E-state index contributed by atoms with van der Waals surface area (Å²) in [7, 11) is -7.74. The third-order valence-electron chi connectivity index (χ3n) is 4.86. The molecule has 0 aliphatic rings. The van der Waals surface area contributed by atoms with Crippen molar-refractivity contribution in [1.82, 2.24) is 15.0 Å². The van der Waals surface area contributed by atoms with Gasteiger partial charge in [-0.25, -0.2) is 4.78 Å². The minimum absolute atomic E-state index is 0.242. The molecule has 214 valence electrons. The number of hydrogen-bond acceptors (Lipinski definition) is 12. The van der Waals surface area contributed by atoms with Gasteiger partial charge in [-0.2, -0.15) is 5.10 Å². The molecular weight excluding hydrogens is 577 g/mol. The molecule has 7 N–H and O–H groups in total. The Bertz CT molecular complexity index is 1070. The monoisotopic (exact) mass is 612 g/mol. The third kappa shape index (κ3) is 13.3. The van der Waals surface area contributed by atoms with Crippen molar-refractivity contribution >= 4 is 46.9 Å². The summed E-state index contributed by atoms with van der Waals surface area (Å²) in [5.74, 6) is 0.780. The van der Waals surface area contributed by atoms with Crippen molar-refractivity contribution in [2.75, 3.05) is 39.8 Å². The van der Waals surface area contributed by atoms with Crippen LogP contribution in [-0.4, -0.2) is 91.0 Å². The van der Waals surface area contributed by atoms with E-state index >= 15 is 0 Å². The van der Waals surface area contributed by atoms with E-state index in [0.717, 1.165) is 21.8 Å². The molecule has 38 heavy (non-hydrogen) atoms. The zero-order valence-corrected chi connectivity index (χ0v) is 24.7. The van der Waals surface area contributed by atoms with Crippen LogP contribution in [0.4, 0.5) is 0 Å². The first-order valence-corrected chi connectivity index (χ1v) is 17.9. The summed E-state index contributed by atoms with van der Waals surface area (Å²) < 4.78 is 12.6. The first-order chi connectivity index (χ1) is 17.7. The van der Waals surface area contributed by atoms with Gasteiger partial charge in [-0.05, 0) is 41.6 Å². The quantitative estimate of drug-likeness (QED) is 0.0833. The van der Waals surface area contributed by atoms with Crippen LogP contribution in [0.15, 0.2) is 53.6 Å². The Morgan fingerprint density at radius 2 is 1.55 bits per heavy atom. The van der Waals surface area contributed by atoms with Gasteiger partial charge < -0.3 is 4.74 Å². The van der Waals surface area contributed by atoms with Crippen LogP contribution in [0.1, 0.15) is 11.1 Å². The number of hydrogen-bond donors (Lipinski definition) is 7. The molecule has 0 bridgehead atoms. The fraction of sp³-hybridized carbons (Fsp3) is 0.333. The van der Waals surface area contributed by atoms with Crippen LogP contribution in [0.3, 0.4) is 0 Å². The number of methoxy groups -OCH3 is 1. The van der Waals surface area contributed by atoms with Crippen LogP contribution >= 0.6 is 23.0 Å². The van der Waals surface area contributed by atoms with Crippen LogP contribution < -0.4 is 14.6 Å². The van der Waals surface area contributed by atoms with E-state index in [2.05, 4.69) is 10.4 Å². The second kappa shape index (κ2) is 15.1.